The first-order chi connectivity index (χ1) is 14.2. The molecule has 0 unspecified atom stereocenters. The maximum Gasteiger partial charge on any atom is 0.225 e. The van der Waals surface area contributed by atoms with Crippen LogP contribution in [0.5, 0.6) is 0 Å². The van der Waals surface area contributed by atoms with Gasteiger partial charge in [-0.1, -0.05) is 0 Å². The summed E-state index contributed by atoms with van der Waals surface area (Å²) in [6, 6.07) is 0. The minimum atomic E-state index is 0.144. The summed E-state index contributed by atoms with van der Waals surface area (Å²) in [4.78, 5) is 26.1. The fraction of sp³-hybridized carbons (Fsp3) is 0.762. The minimum Gasteiger partial charge on any atom is -0.378 e. The molecule has 2 fully saturated rings. The van der Waals surface area contributed by atoms with E-state index in [1.165, 1.54) is 0 Å². The number of hydrogen-bond acceptors (Lipinski definition) is 4. The highest BCUT2D eigenvalue weighted by molar-refractivity contribution is 5.81. The molecule has 0 atom stereocenters. The Morgan fingerprint density at radius 3 is 2.62 bits per heavy atom. The van der Waals surface area contributed by atoms with Crippen LogP contribution in [0.4, 0.5) is 0 Å². The second-order valence-corrected chi connectivity index (χ2v) is 7.81. The predicted octanol–water partition coefficient (Wildman–Crippen LogP) is 1.51. The van der Waals surface area contributed by atoms with E-state index in [9.17, 15) is 4.79 Å². The standard InChI is InChI=1S/C21H36N6O2/c1-3-22-21(24-8-4-5-10-25-13-9-23-18(25)2)27-11-6-19(7-12-27)20(28)26-14-16-29-17-15-26/h9,13,19H,3-8,10-12,14-17H2,1-2H3,(H,22,24). The molecule has 0 saturated carbocycles. The number of guanidine groups is 1. The molecule has 8 heteroatoms. The fourth-order valence-electron chi connectivity index (χ4n) is 4.02. The average Bonchev–Trinajstić information content (AvgIpc) is 3.17. The molecule has 1 aromatic heterocycles. The Kier molecular flexibility index (Phi) is 8.34. The molecule has 2 saturated heterocycles. The van der Waals surface area contributed by atoms with Crippen molar-refractivity contribution in [1.29, 1.82) is 0 Å². The Morgan fingerprint density at radius 1 is 1.21 bits per heavy atom. The van der Waals surface area contributed by atoms with Gasteiger partial charge in [0.2, 0.25) is 5.91 Å². The number of aryl methyl sites for hydroxylation is 2. The van der Waals surface area contributed by atoms with Crippen LogP contribution >= 0.6 is 0 Å². The van der Waals surface area contributed by atoms with Crippen LogP contribution < -0.4 is 5.32 Å². The number of aromatic nitrogens is 2. The smallest absolute Gasteiger partial charge is 0.225 e. The average molecular weight is 405 g/mol. The lowest BCUT2D eigenvalue weighted by Gasteiger charge is -2.36. The van der Waals surface area contributed by atoms with Gasteiger partial charge in [-0.25, -0.2) is 4.98 Å². The number of amides is 1. The van der Waals surface area contributed by atoms with Crippen molar-refractivity contribution in [3.63, 3.8) is 0 Å². The van der Waals surface area contributed by atoms with Crippen molar-refractivity contribution < 1.29 is 9.53 Å². The van der Waals surface area contributed by atoms with Gasteiger partial charge in [-0.15, -0.1) is 0 Å². The van der Waals surface area contributed by atoms with Gasteiger partial charge in [-0.3, -0.25) is 9.79 Å². The summed E-state index contributed by atoms with van der Waals surface area (Å²) >= 11 is 0. The number of nitrogens with one attached hydrogen (secondary N) is 1. The van der Waals surface area contributed by atoms with Crippen LogP contribution in [0.25, 0.3) is 0 Å². The molecule has 8 nitrogen and oxygen atoms in total. The molecule has 3 heterocycles. The van der Waals surface area contributed by atoms with Crippen molar-refractivity contribution in [3.05, 3.63) is 18.2 Å². The molecule has 3 rings (SSSR count). The number of imidazole rings is 1. The van der Waals surface area contributed by atoms with Gasteiger partial charge in [0.25, 0.3) is 0 Å². The van der Waals surface area contributed by atoms with Gasteiger partial charge in [0, 0.05) is 64.1 Å². The Balaban J connectivity index is 1.42. The quantitative estimate of drug-likeness (QED) is 0.424. The van der Waals surface area contributed by atoms with Crippen molar-refractivity contribution in [2.45, 2.75) is 46.1 Å². The Morgan fingerprint density at radius 2 is 1.97 bits per heavy atom. The summed E-state index contributed by atoms with van der Waals surface area (Å²) in [5.74, 6) is 2.51. The molecule has 2 aliphatic rings. The van der Waals surface area contributed by atoms with Gasteiger partial charge in [-0.2, -0.15) is 0 Å². The zero-order valence-corrected chi connectivity index (χ0v) is 18.0. The number of aliphatic imine (C=N–C) groups is 1. The largest absolute Gasteiger partial charge is 0.378 e. The molecule has 162 valence electrons. The molecule has 0 aromatic carbocycles. The lowest BCUT2D eigenvalue weighted by molar-refractivity contribution is -0.140. The van der Waals surface area contributed by atoms with Crippen molar-refractivity contribution in [2.24, 2.45) is 10.9 Å². The van der Waals surface area contributed by atoms with Gasteiger partial charge in [0.05, 0.1) is 13.2 Å². The van der Waals surface area contributed by atoms with E-state index in [4.69, 9.17) is 9.73 Å². The number of carbonyl (C=O) groups is 1. The van der Waals surface area contributed by atoms with Crippen LogP contribution in [-0.2, 0) is 16.1 Å². The maximum atomic E-state index is 12.7. The van der Waals surface area contributed by atoms with Crippen LogP contribution in [0.2, 0.25) is 0 Å². The molecular formula is C21H36N6O2. The Hall–Kier alpha value is -2.09. The SMILES string of the molecule is CCNC(=NCCCCn1ccnc1C)N1CCC(C(=O)N2CCOCC2)CC1. The number of piperidine rings is 1. The van der Waals surface area contributed by atoms with E-state index in [1.807, 2.05) is 24.2 Å². The van der Waals surface area contributed by atoms with E-state index in [0.717, 1.165) is 83.3 Å². The van der Waals surface area contributed by atoms with Gasteiger partial charge < -0.3 is 24.4 Å². The van der Waals surface area contributed by atoms with Crippen molar-refractivity contribution in [2.75, 3.05) is 52.5 Å². The number of morpholine rings is 1. The number of likely N-dealkylation sites (tertiary alicyclic amines) is 1. The summed E-state index contributed by atoms with van der Waals surface area (Å²) in [7, 11) is 0. The first-order valence-electron chi connectivity index (χ1n) is 11.1. The topological polar surface area (TPSA) is 75.0 Å². The number of rotatable bonds is 7. The molecule has 0 bridgehead atoms. The zero-order chi connectivity index (χ0) is 20.5. The van der Waals surface area contributed by atoms with Gasteiger partial charge in [0.15, 0.2) is 5.96 Å². The molecule has 0 radical (unpaired) electrons. The summed E-state index contributed by atoms with van der Waals surface area (Å²) in [5, 5.41) is 3.42. The molecule has 1 aromatic rings. The first kappa shape index (κ1) is 21.6. The second-order valence-electron chi connectivity index (χ2n) is 7.81. The third-order valence-corrected chi connectivity index (χ3v) is 5.79. The summed E-state index contributed by atoms with van der Waals surface area (Å²) in [6.45, 7) is 11.4. The summed E-state index contributed by atoms with van der Waals surface area (Å²) < 4.78 is 7.55. The number of nitrogens with zero attached hydrogens (tertiary/aromatic N) is 5. The minimum absolute atomic E-state index is 0.144. The molecule has 1 N–H and O–H groups in total. The van der Waals surface area contributed by atoms with Crippen LogP contribution in [0.15, 0.2) is 17.4 Å². The van der Waals surface area contributed by atoms with Crippen LogP contribution in [0, 0.1) is 12.8 Å². The predicted molar refractivity (Wildman–Crippen MR) is 114 cm³/mol. The van der Waals surface area contributed by atoms with Crippen molar-refractivity contribution in [1.82, 2.24) is 24.7 Å². The van der Waals surface area contributed by atoms with Crippen LogP contribution in [-0.4, -0.2) is 83.7 Å². The highest BCUT2D eigenvalue weighted by Gasteiger charge is 2.30. The molecular weight excluding hydrogens is 368 g/mol. The lowest BCUT2D eigenvalue weighted by atomic mass is 9.95. The summed E-state index contributed by atoms with van der Waals surface area (Å²) in [5.41, 5.74) is 0. The van der Waals surface area contributed by atoms with E-state index in [0.29, 0.717) is 19.1 Å². The number of hydrogen-bond donors (Lipinski definition) is 1. The lowest BCUT2D eigenvalue weighted by Crippen LogP contribution is -2.50. The van der Waals surface area contributed by atoms with Crippen LogP contribution in [0.3, 0.4) is 0 Å². The fourth-order valence-corrected chi connectivity index (χ4v) is 4.02. The van der Waals surface area contributed by atoms with E-state index in [2.05, 4.69) is 26.7 Å². The Labute approximate surface area is 174 Å². The monoisotopic (exact) mass is 404 g/mol. The third kappa shape index (κ3) is 6.19. The highest BCUT2D eigenvalue weighted by atomic mass is 16.5. The van der Waals surface area contributed by atoms with Crippen LogP contribution in [0.1, 0.15) is 38.4 Å². The molecule has 0 spiro atoms. The van der Waals surface area contributed by atoms with Crippen molar-refractivity contribution >= 4 is 11.9 Å². The van der Waals surface area contributed by atoms with Gasteiger partial charge in [0.1, 0.15) is 5.82 Å². The molecule has 1 amide bonds. The van der Waals surface area contributed by atoms with Crippen molar-refractivity contribution in [3.8, 4) is 0 Å². The molecule has 29 heavy (non-hydrogen) atoms. The molecule has 0 aliphatic carbocycles. The maximum absolute atomic E-state index is 12.7. The first-order valence-corrected chi connectivity index (χ1v) is 11.1. The normalized spacial score (nSPS) is 18.9. The number of unbranched alkanes of at least 4 members (excludes halogenated alkanes) is 1. The van der Waals surface area contributed by atoms with Gasteiger partial charge >= 0.3 is 0 Å². The highest BCUT2D eigenvalue weighted by Crippen LogP contribution is 2.20. The zero-order valence-electron chi connectivity index (χ0n) is 18.0. The third-order valence-electron chi connectivity index (χ3n) is 5.79. The second kappa shape index (κ2) is 11.2. The summed E-state index contributed by atoms with van der Waals surface area (Å²) in [6.07, 6.45) is 7.84. The number of ether oxygens (including phenoxy) is 1. The van der Waals surface area contributed by atoms with Gasteiger partial charge in [-0.05, 0) is 39.5 Å². The van der Waals surface area contributed by atoms with E-state index in [-0.39, 0.29) is 5.92 Å². The van der Waals surface area contributed by atoms with E-state index < -0.39 is 0 Å². The number of carbonyl (C=O) groups excluding carboxylic acids is 1. The Bertz CT molecular complexity index is 660. The van der Waals surface area contributed by atoms with E-state index >= 15 is 0 Å². The van der Waals surface area contributed by atoms with E-state index in [1.54, 1.807) is 0 Å². The molecule has 2 aliphatic heterocycles.